The van der Waals surface area contributed by atoms with Crippen molar-refractivity contribution in [2.75, 3.05) is 6.54 Å². The first-order valence-corrected chi connectivity index (χ1v) is 4.38. The minimum Gasteiger partial charge on any atom is -0.389 e. The van der Waals surface area contributed by atoms with Gasteiger partial charge in [0.15, 0.2) is 0 Å². The Hall–Kier alpha value is -0.0900. The number of hydrogen-bond donors (Lipinski definition) is 2. The topological polar surface area (TPSA) is 49.3 Å². The highest BCUT2D eigenvalue weighted by atomic mass is 79.9. The van der Waals surface area contributed by atoms with Crippen molar-refractivity contribution in [2.24, 2.45) is 0 Å². The molecule has 0 aliphatic carbocycles. The first-order valence-electron chi connectivity index (χ1n) is 3.47. The van der Waals surface area contributed by atoms with E-state index in [4.69, 9.17) is 0 Å². The molecule has 4 heteroatoms. The molecular formula is C7H14BrNO2. The maximum atomic E-state index is 10.9. The molecule has 0 saturated carbocycles. The predicted molar refractivity (Wildman–Crippen MR) is 47.7 cm³/mol. The van der Waals surface area contributed by atoms with Crippen molar-refractivity contribution in [3.8, 4) is 0 Å². The van der Waals surface area contributed by atoms with Crippen molar-refractivity contribution in [1.82, 2.24) is 5.32 Å². The number of rotatable bonds is 3. The maximum Gasteiger partial charge on any atom is 0.233 e. The van der Waals surface area contributed by atoms with Gasteiger partial charge >= 0.3 is 0 Å². The number of nitrogens with one attached hydrogen (secondary N) is 1. The number of carbonyl (C=O) groups excluding carboxylic acids is 1. The van der Waals surface area contributed by atoms with Crippen molar-refractivity contribution >= 4 is 21.8 Å². The van der Waals surface area contributed by atoms with Gasteiger partial charge in [0.1, 0.15) is 0 Å². The normalized spacial score (nSPS) is 14.3. The molecule has 1 unspecified atom stereocenters. The van der Waals surface area contributed by atoms with E-state index < -0.39 is 5.60 Å². The van der Waals surface area contributed by atoms with Crippen LogP contribution in [0.3, 0.4) is 0 Å². The van der Waals surface area contributed by atoms with Crippen molar-refractivity contribution in [2.45, 2.75) is 31.2 Å². The molecule has 0 aromatic heterocycles. The summed E-state index contributed by atoms with van der Waals surface area (Å²) < 4.78 is 0. The van der Waals surface area contributed by atoms with Crippen molar-refractivity contribution in [1.29, 1.82) is 0 Å². The SMILES string of the molecule is CC(Br)C(=O)NCC(C)(C)O. The molecule has 0 aliphatic heterocycles. The molecular weight excluding hydrogens is 210 g/mol. The highest BCUT2D eigenvalue weighted by Crippen LogP contribution is 2.00. The molecule has 0 rings (SSSR count). The van der Waals surface area contributed by atoms with E-state index in [1.807, 2.05) is 0 Å². The molecule has 0 bridgehead atoms. The summed E-state index contributed by atoms with van der Waals surface area (Å²) in [4.78, 5) is 10.7. The molecule has 1 atom stereocenters. The summed E-state index contributed by atoms with van der Waals surface area (Å²) in [5.41, 5.74) is -0.836. The Labute approximate surface area is 75.3 Å². The van der Waals surface area contributed by atoms with E-state index >= 15 is 0 Å². The molecule has 66 valence electrons. The van der Waals surface area contributed by atoms with E-state index in [1.165, 1.54) is 0 Å². The Balaban J connectivity index is 3.64. The molecule has 1 amide bonds. The average Bonchev–Trinajstić information content (AvgIpc) is 1.80. The third-order valence-electron chi connectivity index (χ3n) is 1.06. The van der Waals surface area contributed by atoms with Gasteiger partial charge in [0.25, 0.3) is 0 Å². The third kappa shape index (κ3) is 6.31. The highest BCUT2D eigenvalue weighted by Gasteiger charge is 2.15. The van der Waals surface area contributed by atoms with Gasteiger partial charge in [0.05, 0.1) is 10.4 Å². The van der Waals surface area contributed by atoms with Gasteiger partial charge < -0.3 is 10.4 Å². The lowest BCUT2D eigenvalue weighted by molar-refractivity contribution is -0.121. The van der Waals surface area contributed by atoms with Crippen LogP contribution in [0.15, 0.2) is 0 Å². The Morgan fingerprint density at radius 2 is 2.18 bits per heavy atom. The average molecular weight is 224 g/mol. The quantitative estimate of drug-likeness (QED) is 0.692. The molecule has 0 aromatic rings. The number of hydrogen-bond acceptors (Lipinski definition) is 2. The molecule has 0 aromatic carbocycles. The molecule has 3 nitrogen and oxygen atoms in total. The van der Waals surface area contributed by atoms with Crippen molar-refractivity contribution in [3.63, 3.8) is 0 Å². The molecule has 0 radical (unpaired) electrons. The second kappa shape index (κ2) is 4.07. The lowest BCUT2D eigenvalue weighted by Gasteiger charge is -2.17. The van der Waals surface area contributed by atoms with Crippen LogP contribution in [0.4, 0.5) is 0 Å². The molecule has 0 aliphatic rings. The van der Waals surface area contributed by atoms with Crippen LogP contribution < -0.4 is 5.32 Å². The van der Waals surface area contributed by atoms with E-state index in [0.29, 0.717) is 0 Å². The van der Waals surface area contributed by atoms with Gasteiger partial charge in [-0.2, -0.15) is 0 Å². The van der Waals surface area contributed by atoms with Crippen LogP contribution in [0.1, 0.15) is 20.8 Å². The summed E-state index contributed by atoms with van der Waals surface area (Å²) in [7, 11) is 0. The van der Waals surface area contributed by atoms with E-state index in [-0.39, 0.29) is 17.3 Å². The Kier molecular flexibility index (Phi) is 4.03. The lowest BCUT2D eigenvalue weighted by Crippen LogP contribution is -2.40. The zero-order chi connectivity index (χ0) is 9.07. The number of amides is 1. The van der Waals surface area contributed by atoms with E-state index in [2.05, 4.69) is 21.2 Å². The first kappa shape index (κ1) is 10.9. The van der Waals surface area contributed by atoms with Crippen LogP contribution in [0.2, 0.25) is 0 Å². The first-order chi connectivity index (χ1) is 4.83. The van der Waals surface area contributed by atoms with Crippen LogP contribution in [0.5, 0.6) is 0 Å². The van der Waals surface area contributed by atoms with Gasteiger partial charge in [-0.05, 0) is 20.8 Å². The van der Waals surface area contributed by atoms with Crippen LogP contribution >= 0.6 is 15.9 Å². The van der Waals surface area contributed by atoms with Crippen molar-refractivity contribution < 1.29 is 9.90 Å². The van der Waals surface area contributed by atoms with Gasteiger partial charge in [-0.25, -0.2) is 0 Å². The predicted octanol–water partition coefficient (Wildman–Crippen LogP) is 0.657. The van der Waals surface area contributed by atoms with Gasteiger partial charge in [-0.1, -0.05) is 15.9 Å². The second-order valence-electron chi connectivity index (χ2n) is 3.15. The molecule has 0 fully saturated rings. The molecule has 0 spiro atoms. The van der Waals surface area contributed by atoms with Crippen LogP contribution in [-0.4, -0.2) is 28.0 Å². The fraction of sp³-hybridized carbons (Fsp3) is 0.857. The summed E-state index contributed by atoms with van der Waals surface area (Å²) in [5, 5.41) is 11.8. The summed E-state index contributed by atoms with van der Waals surface area (Å²) in [6.45, 7) is 5.31. The monoisotopic (exact) mass is 223 g/mol. The van der Waals surface area contributed by atoms with Crippen LogP contribution in [0, 0.1) is 0 Å². The van der Waals surface area contributed by atoms with Crippen LogP contribution in [0.25, 0.3) is 0 Å². The van der Waals surface area contributed by atoms with Gasteiger partial charge in [0, 0.05) is 6.54 Å². The standard InChI is InChI=1S/C7H14BrNO2/c1-5(8)6(10)9-4-7(2,3)11/h5,11H,4H2,1-3H3,(H,9,10). The Bertz CT molecular complexity index is 140. The molecule has 11 heavy (non-hydrogen) atoms. The van der Waals surface area contributed by atoms with Gasteiger partial charge in [-0.15, -0.1) is 0 Å². The minimum absolute atomic E-state index is 0.105. The van der Waals surface area contributed by atoms with Crippen molar-refractivity contribution in [3.05, 3.63) is 0 Å². The van der Waals surface area contributed by atoms with Crippen LogP contribution in [-0.2, 0) is 4.79 Å². The molecule has 0 heterocycles. The Morgan fingerprint density at radius 3 is 2.45 bits per heavy atom. The number of carbonyl (C=O) groups is 1. The zero-order valence-corrected chi connectivity index (χ0v) is 8.60. The molecule has 0 saturated heterocycles. The maximum absolute atomic E-state index is 10.9. The highest BCUT2D eigenvalue weighted by molar-refractivity contribution is 9.10. The smallest absolute Gasteiger partial charge is 0.233 e. The van der Waals surface area contributed by atoms with E-state index in [9.17, 15) is 9.90 Å². The summed E-state index contributed by atoms with van der Waals surface area (Å²) in [6.07, 6.45) is 0. The van der Waals surface area contributed by atoms with E-state index in [0.717, 1.165) is 0 Å². The largest absolute Gasteiger partial charge is 0.389 e. The number of alkyl halides is 1. The van der Waals surface area contributed by atoms with Gasteiger partial charge in [0.2, 0.25) is 5.91 Å². The van der Waals surface area contributed by atoms with Gasteiger partial charge in [-0.3, -0.25) is 4.79 Å². The fourth-order valence-electron chi connectivity index (χ4n) is 0.444. The lowest BCUT2D eigenvalue weighted by atomic mass is 10.1. The number of aliphatic hydroxyl groups is 1. The third-order valence-corrected chi connectivity index (χ3v) is 1.47. The second-order valence-corrected chi connectivity index (χ2v) is 4.52. The number of halogens is 1. The molecule has 2 N–H and O–H groups in total. The minimum atomic E-state index is -0.836. The zero-order valence-electron chi connectivity index (χ0n) is 7.02. The summed E-state index contributed by atoms with van der Waals surface area (Å²) >= 11 is 3.11. The Morgan fingerprint density at radius 1 is 1.73 bits per heavy atom. The summed E-state index contributed by atoms with van der Waals surface area (Å²) in [5.74, 6) is -0.105. The fourth-order valence-corrected chi connectivity index (χ4v) is 0.606. The van der Waals surface area contributed by atoms with E-state index in [1.54, 1.807) is 20.8 Å². The summed E-state index contributed by atoms with van der Waals surface area (Å²) in [6, 6.07) is 0.